The van der Waals surface area contributed by atoms with Gasteiger partial charge in [-0.2, -0.15) is 5.10 Å². The van der Waals surface area contributed by atoms with Crippen molar-refractivity contribution >= 4 is 5.91 Å². The fourth-order valence-electron chi connectivity index (χ4n) is 3.68. The third-order valence-electron chi connectivity index (χ3n) is 5.38. The standard InChI is InChI=1S/C19H25N5O/c1-14-22-17-8-7-16(12-24(17)23-14)20-11-18(25)21-13-19(9-10-19)15-5-3-2-4-6-15/h2-6,16,20H,7-13H2,1H3,(H,21,25)/t16-/m0/s1. The van der Waals surface area contributed by atoms with Crippen LogP contribution in [0.3, 0.4) is 0 Å². The number of nitrogens with zero attached hydrogens (tertiary/aromatic N) is 3. The van der Waals surface area contributed by atoms with E-state index >= 15 is 0 Å². The van der Waals surface area contributed by atoms with Crippen molar-refractivity contribution in [2.75, 3.05) is 13.1 Å². The zero-order chi connectivity index (χ0) is 17.3. The zero-order valence-corrected chi connectivity index (χ0v) is 14.7. The molecule has 2 N–H and O–H groups in total. The molecule has 25 heavy (non-hydrogen) atoms. The molecule has 4 rings (SSSR count). The summed E-state index contributed by atoms with van der Waals surface area (Å²) >= 11 is 0. The highest BCUT2D eigenvalue weighted by Gasteiger charge is 2.44. The van der Waals surface area contributed by atoms with Gasteiger partial charge in [0.2, 0.25) is 5.91 Å². The molecule has 132 valence electrons. The predicted molar refractivity (Wildman–Crippen MR) is 95.2 cm³/mol. The van der Waals surface area contributed by atoms with Crippen molar-refractivity contribution in [2.45, 2.75) is 50.6 Å². The minimum Gasteiger partial charge on any atom is -0.354 e. The number of hydrogen-bond acceptors (Lipinski definition) is 4. The molecule has 0 bridgehead atoms. The fraction of sp³-hybridized carbons (Fsp3) is 0.526. The molecule has 2 aromatic rings. The lowest BCUT2D eigenvalue weighted by atomic mass is 9.96. The van der Waals surface area contributed by atoms with E-state index in [1.165, 1.54) is 5.56 Å². The molecule has 1 saturated carbocycles. The Morgan fingerprint density at radius 2 is 2.12 bits per heavy atom. The van der Waals surface area contributed by atoms with Crippen LogP contribution in [-0.4, -0.2) is 39.8 Å². The Morgan fingerprint density at radius 3 is 2.88 bits per heavy atom. The van der Waals surface area contributed by atoms with E-state index in [0.717, 1.165) is 50.4 Å². The van der Waals surface area contributed by atoms with Crippen LogP contribution in [0.4, 0.5) is 0 Å². The van der Waals surface area contributed by atoms with Crippen LogP contribution in [0.2, 0.25) is 0 Å². The van der Waals surface area contributed by atoms with E-state index < -0.39 is 0 Å². The van der Waals surface area contributed by atoms with Crippen molar-refractivity contribution in [1.82, 2.24) is 25.4 Å². The molecule has 0 radical (unpaired) electrons. The molecule has 0 spiro atoms. The molecule has 1 fully saturated rings. The third kappa shape index (κ3) is 3.58. The summed E-state index contributed by atoms with van der Waals surface area (Å²) < 4.78 is 1.96. The number of amides is 1. The summed E-state index contributed by atoms with van der Waals surface area (Å²) in [6, 6.07) is 10.8. The van der Waals surface area contributed by atoms with Crippen LogP contribution in [0.15, 0.2) is 30.3 Å². The van der Waals surface area contributed by atoms with Gasteiger partial charge in [0.05, 0.1) is 13.1 Å². The van der Waals surface area contributed by atoms with Crippen molar-refractivity contribution < 1.29 is 4.79 Å². The van der Waals surface area contributed by atoms with Gasteiger partial charge in [-0.1, -0.05) is 30.3 Å². The molecule has 1 aliphatic carbocycles. The van der Waals surface area contributed by atoms with Crippen LogP contribution < -0.4 is 10.6 Å². The first-order valence-corrected chi connectivity index (χ1v) is 9.11. The number of carbonyl (C=O) groups excluding carboxylic acids is 1. The molecule has 1 atom stereocenters. The minimum atomic E-state index is 0.0720. The molecule has 1 amide bonds. The maximum absolute atomic E-state index is 12.2. The first-order chi connectivity index (χ1) is 12.1. The Morgan fingerprint density at radius 1 is 1.32 bits per heavy atom. The van der Waals surface area contributed by atoms with Gasteiger partial charge in [-0.25, -0.2) is 9.67 Å². The van der Waals surface area contributed by atoms with Crippen molar-refractivity contribution in [3.05, 3.63) is 47.5 Å². The second-order valence-electron chi connectivity index (χ2n) is 7.30. The van der Waals surface area contributed by atoms with Gasteiger partial charge in [-0.3, -0.25) is 4.79 Å². The first kappa shape index (κ1) is 16.3. The molecule has 1 aromatic heterocycles. The monoisotopic (exact) mass is 339 g/mol. The topological polar surface area (TPSA) is 71.8 Å². The highest BCUT2D eigenvalue weighted by molar-refractivity contribution is 5.78. The van der Waals surface area contributed by atoms with Crippen molar-refractivity contribution in [1.29, 1.82) is 0 Å². The van der Waals surface area contributed by atoms with E-state index in [1.54, 1.807) is 0 Å². The van der Waals surface area contributed by atoms with Crippen molar-refractivity contribution in [3.8, 4) is 0 Å². The molecule has 1 aliphatic heterocycles. The number of rotatable bonds is 6. The Bertz CT molecular complexity index is 750. The number of fused-ring (bicyclic) bond motifs is 1. The van der Waals surface area contributed by atoms with Gasteiger partial charge in [0.25, 0.3) is 0 Å². The van der Waals surface area contributed by atoms with E-state index in [9.17, 15) is 4.79 Å². The van der Waals surface area contributed by atoms with E-state index in [4.69, 9.17) is 0 Å². The van der Waals surface area contributed by atoms with Crippen LogP contribution in [0, 0.1) is 6.92 Å². The average Bonchev–Trinajstić information content (AvgIpc) is 3.33. The highest BCUT2D eigenvalue weighted by atomic mass is 16.1. The summed E-state index contributed by atoms with van der Waals surface area (Å²) in [5.41, 5.74) is 1.50. The smallest absolute Gasteiger partial charge is 0.233 e. The van der Waals surface area contributed by atoms with Gasteiger partial charge in [-0.05, 0) is 31.7 Å². The molecule has 0 saturated heterocycles. The van der Waals surface area contributed by atoms with Crippen LogP contribution >= 0.6 is 0 Å². The Kier molecular flexibility index (Phi) is 4.29. The number of benzene rings is 1. The minimum absolute atomic E-state index is 0.0720. The second kappa shape index (κ2) is 6.59. The number of carbonyl (C=O) groups is 1. The third-order valence-corrected chi connectivity index (χ3v) is 5.38. The normalized spacial score (nSPS) is 20.8. The summed E-state index contributed by atoms with van der Waals surface area (Å²) in [5, 5.41) is 10.9. The summed E-state index contributed by atoms with van der Waals surface area (Å²) in [6.45, 7) is 3.80. The summed E-state index contributed by atoms with van der Waals surface area (Å²) in [7, 11) is 0. The lowest BCUT2D eigenvalue weighted by molar-refractivity contribution is -0.120. The zero-order valence-electron chi connectivity index (χ0n) is 14.7. The lowest BCUT2D eigenvalue weighted by Gasteiger charge is -2.23. The molecule has 2 heterocycles. The maximum atomic E-state index is 12.2. The summed E-state index contributed by atoms with van der Waals surface area (Å²) in [5.74, 6) is 1.95. The van der Waals surface area contributed by atoms with Crippen LogP contribution in [0.1, 0.15) is 36.5 Å². The van der Waals surface area contributed by atoms with Gasteiger partial charge < -0.3 is 10.6 Å². The molecular formula is C19H25N5O. The highest BCUT2D eigenvalue weighted by Crippen LogP contribution is 2.47. The van der Waals surface area contributed by atoms with Crippen LogP contribution in [-0.2, 0) is 23.2 Å². The van der Waals surface area contributed by atoms with E-state index in [0.29, 0.717) is 6.54 Å². The molecular weight excluding hydrogens is 314 g/mol. The number of aryl methyl sites for hydroxylation is 2. The number of nitrogens with one attached hydrogen (secondary N) is 2. The van der Waals surface area contributed by atoms with Gasteiger partial charge in [0, 0.05) is 24.4 Å². The Labute approximate surface area is 148 Å². The Hall–Kier alpha value is -2.21. The van der Waals surface area contributed by atoms with Crippen molar-refractivity contribution in [3.63, 3.8) is 0 Å². The fourth-order valence-corrected chi connectivity index (χ4v) is 3.68. The molecule has 0 unspecified atom stereocenters. The first-order valence-electron chi connectivity index (χ1n) is 9.11. The summed E-state index contributed by atoms with van der Waals surface area (Å²) in [4.78, 5) is 16.7. The molecule has 1 aromatic carbocycles. The second-order valence-corrected chi connectivity index (χ2v) is 7.30. The molecule has 6 nitrogen and oxygen atoms in total. The number of aromatic nitrogens is 3. The molecule has 2 aliphatic rings. The SMILES string of the molecule is Cc1nc2n(n1)C[C@@H](NCC(=O)NCC1(c3ccccc3)CC1)CC2. The van der Waals surface area contributed by atoms with E-state index in [-0.39, 0.29) is 17.4 Å². The molecule has 6 heteroatoms. The largest absolute Gasteiger partial charge is 0.354 e. The average molecular weight is 339 g/mol. The van der Waals surface area contributed by atoms with Crippen LogP contribution in [0.25, 0.3) is 0 Å². The quantitative estimate of drug-likeness (QED) is 0.833. The Balaban J connectivity index is 1.24. The van der Waals surface area contributed by atoms with Gasteiger partial charge >= 0.3 is 0 Å². The lowest BCUT2D eigenvalue weighted by Crippen LogP contribution is -2.44. The van der Waals surface area contributed by atoms with Gasteiger partial charge in [0.1, 0.15) is 11.6 Å². The van der Waals surface area contributed by atoms with E-state index in [1.807, 2.05) is 17.7 Å². The number of hydrogen-bond donors (Lipinski definition) is 2. The van der Waals surface area contributed by atoms with Crippen molar-refractivity contribution in [2.24, 2.45) is 0 Å². The summed E-state index contributed by atoms with van der Waals surface area (Å²) in [6.07, 6.45) is 4.22. The predicted octanol–water partition coefficient (Wildman–Crippen LogP) is 1.34. The van der Waals surface area contributed by atoms with Gasteiger partial charge in [-0.15, -0.1) is 0 Å². The van der Waals surface area contributed by atoms with E-state index in [2.05, 4.69) is 45.0 Å². The van der Waals surface area contributed by atoms with Crippen LogP contribution in [0.5, 0.6) is 0 Å². The van der Waals surface area contributed by atoms with Gasteiger partial charge in [0.15, 0.2) is 0 Å². The maximum Gasteiger partial charge on any atom is 0.233 e.